The van der Waals surface area contributed by atoms with Crippen LogP contribution in [0.15, 0.2) is 0 Å². The average Bonchev–Trinajstić information content (AvgIpc) is 3.39. The summed E-state index contributed by atoms with van der Waals surface area (Å²) in [6.07, 6.45) is -3.77. The third-order valence-corrected chi connectivity index (χ3v) is 8.64. The van der Waals surface area contributed by atoms with Gasteiger partial charge in [0, 0.05) is 24.5 Å². The fraction of sp³-hybridized carbons (Fsp3) is 0.923. The fourth-order valence-electron chi connectivity index (χ4n) is 5.85. The summed E-state index contributed by atoms with van der Waals surface area (Å²) in [6.45, 7) is 3.93. The Labute approximate surface area is 245 Å². The normalized spacial score (nSPS) is 45.0. The number of amides is 1. The molecule has 0 unspecified atom stereocenters. The molecule has 1 amide bonds. The fourth-order valence-corrected chi connectivity index (χ4v) is 5.85. The molecule has 0 aromatic carbocycles. The largest absolute Gasteiger partial charge is 0.480 e. The zero-order valence-electron chi connectivity index (χ0n) is 24.7. The van der Waals surface area contributed by atoms with E-state index >= 15 is 0 Å². The predicted octanol–water partition coefficient (Wildman–Crippen LogP) is -3.98. The molecule has 3 heterocycles. The van der Waals surface area contributed by atoms with E-state index in [1.807, 2.05) is 20.9 Å². The van der Waals surface area contributed by atoms with Crippen molar-refractivity contribution in [1.82, 2.24) is 16.0 Å². The molecule has 3 saturated heterocycles. The molecule has 0 aromatic heterocycles. The van der Waals surface area contributed by atoms with Crippen LogP contribution in [0, 0.1) is 0 Å². The summed E-state index contributed by atoms with van der Waals surface area (Å²) in [6, 6.07) is -2.69. The first-order valence-electron chi connectivity index (χ1n) is 14.5. The van der Waals surface area contributed by atoms with Crippen LogP contribution < -0.4 is 33.2 Å². The van der Waals surface area contributed by atoms with Crippen LogP contribution in [0.1, 0.15) is 46.0 Å². The monoisotopic (exact) mass is 606 g/mol. The Balaban J connectivity index is 0.000000458. The molecular weight excluding hydrogens is 556 g/mol. The van der Waals surface area contributed by atoms with Crippen LogP contribution in [0.4, 0.5) is 0 Å². The number of aliphatic hydroxyl groups is 3. The van der Waals surface area contributed by atoms with Crippen molar-refractivity contribution in [2.24, 2.45) is 17.2 Å². The summed E-state index contributed by atoms with van der Waals surface area (Å²) in [4.78, 5) is 20.5. The van der Waals surface area contributed by atoms with Gasteiger partial charge < -0.3 is 72.5 Å². The Kier molecular flexibility index (Phi) is 12.4. The Hall–Kier alpha value is -1.54. The second-order valence-electron chi connectivity index (χ2n) is 11.9. The lowest BCUT2D eigenvalue weighted by Crippen LogP contribution is -2.69. The lowest BCUT2D eigenvalue weighted by Gasteiger charge is -2.50. The summed E-state index contributed by atoms with van der Waals surface area (Å²) in [5.74, 6) is -1.11. The highest BCUT2D eigenvalue weighted by Gasteiger charge is 2.52. The number of nitrogens with one attached hydrogen (secondary N) is 3. The van der Waals surface area contributed by atoms with Gasteiger partial charge in [-0.3, -0.25) is 4.79 Å². The molecule has 4 rings (SSSR count). The molecule has 42 heavy (non-hydrogen) atoms. The van der Waals surface area contributed by atoms with E-state index in [-0.39, 0.29) is 37.1 Å². The molecule has 1 aliphatic carbocycles. The Morgan fingerprint density at radius 3 is 2.29 bits per heavy atom. The van der Waals surface area contributed by atoms with Crippen LogP contribution in [0.3, 0.4) is 0 Å². The predicted molar refractivity (Wildman–Crippen MR) is 149 cm³/mol. The van der Waals surface area contributed by atoms with E-state index in [1.54, 1.807) is 7.05 Å². The van der Waals surface area contributed by atoms with Gasteiger partial charge in [0.1, 0.15) is 30.0 Å². The topological polar surface area (TPSA) is 266 Å². The van der Waals surface area contributed by atoms with Crippen molar-refractivity contribution in [3.63, 3.8) is 0 Å². The first kappa shape index (κ1) is 34.9. The summed E-state index contributed by atoms with van der Waals surface area (Å²) < 4.78 is 24.2. The molecule has 16 nitrogen and oxygen atoms in total. The van der Waals surface area contributed by atoms with Crippen LogP contribution in [-0.4, -0.2) is 138 Å². The molecule has 14 atom stereocenters. The highest BCUT2D eigenvalue weighted by atomic mass is 16.7. The molecule has 16 heteroatoms. The van der Waals surface area contributed by atoms with Crippen molar-refractivity contribution in [2.75, 3.05) is 20.7 Å². The van der Waals surface area contributed by atoms with Crippen molar-refractivity contribution in [1.29, 1.82) is 0 Å². The number of hydrogen-bond donors (Lipinski definition) is 10. The van der Waals surface area contributed by atoms with Crippen molar-refractivity contribution in [3.05, 3.63) is 0 Å². The highest BCUT2D eigenvalue weighted by molar-refractivity contribution is 5.87. The third kappa shape index (κ3) is 8.13. The van der Waals surface area contributed by atoms with E-state index < -0.39 is 72.7 Å². The van der Waals surface area contributed by atoms with Crippen LogP contribution in [0.2, 0.25) is 0 Å². The zero-order chi connectivity index (χ0) is 31.4. The number of nitrogens with two attached hydrogens (primary N) is 3. The van der Waals surface area contributed by atoms with E-state index in [1.165, 1.54) is 0 Å². The number of aliphatic carboxylic acids is 1. The first-order chi connectivity index (χ1) is 19.7. The average molecular weight is 607 g/mol. The maximum Gasteiger partial charge on any atom is 0.326 e. The van der Waals surface area contributed by atoms with Crippen molar-refractivity contribution in [2.45, 2.75) is 131 Å². The van der Waals surface area contributed by atoms with Crippen LogP contribution in [-0.2, 0) is 28.5 Å². The maximum absolute atomic E-state index is 11.1. The molecule has 0 spiro atoms. The Bertz CT molecular complexity index is 906. The quantitative estimate of drug-likeness (QED) is 0.126. The van der Waals surface area contributed by atoms with Gasteiger partial charge in [-0.2, -0.15) is 0 Å². The lowest BCUT2D eigenvalue weighted by atomic mass is 9.84. The third-order valence-electron chi connectivity index (χ3n) is 8.64. The number of carboxylic acid groups (broad SMARTS) is 1. The Morgan fingerprint density at radius 1 is 1.05 bits per heavy atom. The van der Waals surface area contributed by atoms with E-state index in [4.69, 9.17) is 41.3 Å². The number of carboxylic acids is 1. The minimum atomic E-state index is -1.29. The van der Waals surface area contributed by atoms with Gasteiger partial charge in [0.2, 0.25) is 5.91 Å². The number of aliphatic hydroxyl groups excluding tert-OH is 3. The van der Waals surface area contributed by atoms with Gasteiger partial charge in [-0.05, 0) is 53.6 Å². The van der Waals surface area contributed by atoms with Crippen LogP contribution in [0.25, 0.3) is 0 Å². The van der Waals surface area contributed by atoms with Gasteiger partial charge in [0.15, 0.2) is 12.6 Å². The number of carbonyl (C=O) groups is 2. The second kappa shape index (κ2) is 15.0. The highest BCUT2D eigenvalue weighted by Crippen LogP contribution is 2.34. The molecule has 244 valence electrons. The van der Waals surface area contributed by atoms with Crippen molar-refractivity contribution >= 4 is 11.9 Å². The number of ether oxygens (including phenoxy) is 4. The van der Waals surface area contributed by atoms with Gasteiger partial charge in [0.25, 0.3) is 0 Å². The molecule has 1 saturated carbocycles. The number of hydrogen-bond acceptors (Lipinski definition) is 14. The molecule has 4 fully saturated rings. The number of carbonyl (C=O) groups excluding carboxylic acids is 1. The molecule has 13 N–H and O–H groups in total. The van der Waals surface area contributed by atoms with Gasteiger partial charge in [-0.25, -0.2) is 4.79 Å². The lowest BCUT2D eigenvalue weighted by molar-refractivity contribution is -0.332. The van der Waals surface area contributed by atoms with Gasteiger partial charge in [-0.1, -0.05) is 0 Å². The summed E-state index contributed by atoms with van der Waals surface area (Å²) in [5, 5.41) is 48.5. The number of likely N-dealkylation sites (N-methyl/N-ethyl adjacent to an activating group) is 2. The van der Waals surface area contributed by atoms with Gasteiger partial charge in [-0.15, -0.1) is 0 Å². The minimum Gasteiger partial charge on any atom is -0.480 e. The van der Waals surface area contributed by atoms with E-state index in [2.05, 4.69) is 16.0 Å². The second-order valence-corrected chi connectivity index (χ2v) is 11.9. The summed E-state index contributed by atoms with van der Waals surface area (Å²) in [5.41, 5.74) is 17.2. The van der Waals surface area contributed by atoms with E-state index in [9.17, 15) is 24.9 Å². The molecule has 4 aliphatic rings. The number of rotatable bonds is 8. The Morgan fingerprint density at radius 2 is 1.74 bits per heavy atom. The minimum absolute atomic E-state index is 0.0472. The molecule has 3 aliphatic heterocycles. The van der Waals surface area contributed by atoms with E-state index in [0.29, 0.717) is 12.8 Å². The maximum atomic E-state index is 11.1. The first-order valence-corrected chi connectivity index (χ1v) is 14.5. The summed E-state index contributed by atoms with van der Waals surface area (Å²) in [7, 11) is 3.58. The van der Waals surface area contributed by atoms with Gasteiger partial charge >= 0.3 is 5.97 Å². The standard InChI is InChI=1S/C21H43N5O7.C5H7NO3/c1-9(25-3)13-6-5-10(22)19(31-13)33-21(2)8-30-20(16(29)18(21)26-4)32-17-12(24)7-11(23)14(27)15(17)28;7-4-2-1-3(6-4)5(8)9/h9-20,25-29H,5-8,22-24H2,1-4H3;3H,1-2H2,(H,6,7)(H,8,9)/t9-,10-,11-,12+,13+,14+,15-,16-,17-,18-,19-,20-,21-;3-/m10/s1. The molecule has 0 radical (unpaired) electrons. The van der Waals surface area contributed by atoms with Gasteiger partial charge in [0.05, 0.1) is 30.9 Å². The SMILES string of the molecule is CN[C@@H]1[C@@H](O)[C@@H](O[C@H]2[C@H](O)[C@@H](O)[C@H](N)C[C@@H]2N)OC[C@@]1(C)O[C@H]1O[C@H]([C@@H](C)NC)CC[C@H]1N.O=C1CC[C@@H](C(=O)O)N1. The van der Waals surface area contributed by atoms with Crippen LogP contribution in [0.5, 0.6) is 0 Å². The van der Waals surface area contributed by atoms with E-state index in [0.717, 1.165) is 12.8 Å². The van der Waals surface area contributed by atoms with Crippen molar-refractivity contribution < 1.29 is 49.0 Å². The smallest absolute Gasteiger partial charge is 0.326 e. The molecule has 0 bridgehead atoms. The van der Waals surface area contributed by atoms with Crippen LogP contribution >= 0.6 is 0 Å². The molecular formula is C26H50N6O10. The zero-order valence-corrected chi connectivity index (χ0v) is 24.7. The molecule has 0 aromatic rings. The summed E-state index contributed by atoms with van der Waals surface area (Å²) >= 11 is 0. The van der Waals surface area contributed by atoms with Crippen molar-refractivity contribution in [3.8, 4) is 0 Å².